The second-order valence-electron chi connectivity index (χ2n) is 6.91. The highest BCUT2D eigenvalue weighted by molar-refractivity contribution is 5.89. The molecule has 2 aromatic rings. The van der Waals surface area contributed by atoms with E-state index in [4.69, 9.17) is 0 Å². The normalized spacial score (nSPS) is 15.4. The molecule has 2 amide bonds. The van der Waals surface area contributed by atoms with E-state index in [2.05, 4.69) is 20.2 Å². The number of aryl methyl sites for hydroxylation is 1. The van der Waals surface area contributed by atoms with Gasteiger partial charge in [0.25, 0.3) is 0 Å². The zero-order valence-electron chi connectivity index (χ0n) is 15.7. The molecule has 0 atom stereocenters. The Labute approximate surface area is 161 Å². The fraction of sp³-hybridized carbons (Fsp3) is 0.421. The van der Waals surface area contributed by atoms with E-state index in [9.17, 15) is 18.0 Å². The van der Waals surface area contributed by atoms with E-state index >= 15 is 0 Å². The molecule has 6 nitrogen and oxygen atoms in total. The van der Waals surface area contributed by atoms with Gasteiger partial charge in [-0.05, 0) is 43.5 Å². The fourth-order valence-corrected chi connectivity index (χ4v) is 3.33. The molecule has 1 aromatic carbocycles. The first-order chi connectivity index (χ1) is 13.2. The van der Waals surface area contributed by atoms with Crippen LogP contribution in [-0.4, -0.2) is 47.1 Å². The maximum absolute atomic E-state index is 13.0. The van der Waals surface area contributed by atoms with Crippen LogP contribution in [0.2, 0.25) is 0 Å². The lowest BCUT2D eigenvalue weighted by molar-refractivity contribution is -0.137. The predicted octanol–water partition coefficient (Wildman–Crippen LogP) is 3.94. The summed E-state index contributed by atoms with van der Waals surface area (Å²) < 4.78 is 38.9. The number of aromatic nitrogens is 2. The lowest BCUT2D eigenvalue weighted by atomic mass is 10.0. The highest BCUT2D eigenvalue weighted by atomic mass is 19.4. The second-order valence-corrected chi connectivity index (χ2v) is 6.91. The summed E-state index contributed by atoms with van der Waals surface area (Å²) >= 11 is 0. The van der Waals surface area contributed by atoms with E-state index < -0.39 is 17.8 Å². The number of hydrogen-bond donors (Lipinski definition) is 1. The number of nitrogens with one attached hydrogen (secondary N) is 1. The monoisotopic (exact) mass is 393 g/mol. The average Bonchev–Trinajstić information content (AvgIpc) is 2.67. The van der Waals surface area contributed by atoms with Gasteiger partial charge in [-0.1, -0.05) is 0 Å². The summed E-state index contributed by atoms with van der Waals surface area (Å²) in [5, 5.41) is 2.59. The minimum atomic E-state index is -4.45. The standard InChI is InChI=1S/C19H22F3N5O/c1-13-9-14(19(20,21)22)11-15(10-13)25-18(28)26(2)16-3-7-27(8-4-16)17-12-23-5-6-24-17/h5-6,9-12,16H,3-4,7-8H2,1-2H3,(H,25,28). The number of hydrogen-bond acceptors (Lipinski definition) is 4. The molecule has 0 spiro atoms. The lowest BCUT2D eigenvalue weighted by Crippen LogP contribution is -2.47. The van der Waals surface area contributed by atoms with Gasteiger partial charge in [0.15, 0.2) is 0 Å². The molecule has 1 aliphatic heterocycles. The molecule has 3 rings (SSSR count). The SMILES string of the molecule is Cc1cc(NC(=O)N(C)C2CCN(c3cnccn3)CC2)cc(C(F)(F)F)c1. The van der Waals surface area contributed by atoms with E-state index in [1.165, 1.54) is 6.07 Å². The Morgan fingerprint density at radius 2 is 1.93 bits per heavy atom. The molecule has 1 N–H and O–H groups in total. The Bertz CT molecular complexity index is 820. The van der Waals surface area contributed by atoms with Crippen LogP contribution in [0.25, 0.3) is 0 Å². The average molecular weight is 393 g/mol. The van der Waals surface area contributed by atoms with Gasteiger partial charge in [-0.3, -0.25) is 4.98 Å². The predicted molar refractivity (Wildman–Crippen MR) is 100 cm³/mol. The Kier molecular flexibility index (Phi) is 5.71. The molecule has 0 aliphatic carbocycles. The van der Waals surface area contributed by atoms with E-state index in [0.717, 1.165) is 43.9 Å². The second kappa shape index (κ2) is 8.04. The molecule has 0 radical (unpaired) electrons. The topological polar surface area (TPSA) is 61.4 Å². The van der Waals surface area contributed by atoms with Gasteiger partial charge >= 0.3 is 12.2 Å². The molecule has 150 valence electrons. The summed E-state index contributed by atoms with van der Waals surface area (Å²) in [6.45, 7) is 3.02. The van der Waals surface area contributed by atoms with Gasteiger partial charge in [0.1, 0.15) is 5.82 Å². The van der Waals surface area contributed by atoms with Gasteiger partial charge in [-0.2, -0.15) is 13.2 Å². The van der Waals surface area contributed by atoms with Crippen molar-refractivity contribution in [3.63, 3.8) is 0 Å². The van der Waals surface area contributed by atoms with Gasteiger partial charge in [0.05, 0.1) is 11.8 Å². The van der Waals surface area contributed by atoms with Crippen molar-refractivity contribution in [2.45, 2.75) is 32.0 Å². The zero-order chi connectivity index (χ0) is 20.3. The van der Waals surface area contributed by atoms with Crippen molar-refractivity contribution < 1.29 is 18.0 Å². The highest BCUT2D eigenvalue weighted by Gasteiger charge is 2.31. The molecular formula is C19H22F3N5O. The van der Waals surface area contributed by atoms with Crippen molar-refractivity contribution >= 4 is 17.5 Å². The summed E-state index contributed by atoms with van der Waals surface area (Å²) in [4.78, 5) is 24.5. The largest absolute Gasteiger partial charge is 0.416 e. The first-order valence-corrected chi connectivity index (χ1v) is 8.97. The molecule has 1 aromatic heterocycles. The van der Waals surface area contributed by atoms with Crippen molar-refractivity contribution in [3.05, 3.63) is 47.9 Å². The molecule has 1 fully saturated rings. The van der Waals surface area contributed by atoms with Gasteiger partial charge < -0.3 is 15.1 Å². The van der Waals surface area contributed by atoms with Crippen LogP contribution in [0.4, 0.5) is 29.5 Å². The van der Waals surface area contributed by atoms with Gasteiger partial charge in [-0.25, -0.2) is 9.78 Å². The van der Waals surface area contributed by atoms with Crippen molar-refractivity contribution in [2.75, 3.05) is 30.4 Å². The van der Waals surface area contributed by atoms with Gasteiger partial charge in [0.2, 0.25) is 0 Å². The van der Waals surface area contributed by atoms with Crippen LogP contribution in [0.5, 0.6) is 0 Å². The maximum Gasteiger partial charge on any atom is 0.416 e. The summed E-state index contributed by atoms with van der Waals surface area (Å²) in [6, 6.07) is 3.12. The van der Waals surface area contributed by atoms with Crippen LogP contribution >= 0.6 is 0 Å². The van der Waals surface area contributed by atoms with Gasteiger partial charge in [-0.15, -0.1) is 0 Å². The number of benzene rings is 1. The number of urea groups is 1. The van der Waals surface area contributed by atoms with Crippen molar-refractivity contribution in [1.29, 1.82) is 0 Å². The minimum absolute atomic E-state index is 0.000169. The van der Waals surface area contributed by atoms with Crippen molar-refractivity contribution in [2.24, 2.45) is 0 Å². The first-order valence-electron chi connectivity index (χ1n) is 8.97. The number of carbonyl (C=O) groups is 1. The first kappa shape index (κ1) is 19.9. The Balaban J connectivity index is 1.60. The third-order valence-corrected chi connectivity index (χ3v) is 4.86. The quantitative estimate of drug-likeness (QED) is 0.858. The van der Waals surface area contributed by atoms with E-state index in [1.807, 2.05) is 0 Å². The number of amides is 2. The number of nitrogens with zero attached hydrogens (tertiary/aromatic N) is 4. The number of piperidine rings is 1. The molecule has 0 unspecified atom stereocenters. The van der Waals surface area contributed by atoms with E-state index in [1.54, 1.807) is 37.5 Å². The molecule has 28 heavy (non-hydrogen) atoms. The van der Waals surface area contributed by atoms with Crippen LogP contribution in [0.3, 0.4) is 0 Å². The molecule has 2 heterocycles. The number of halogens is 3. The fourth-order valence-electron chi connectivity index (χ4n) is 3.33. The Hall–Kier alpha value is -2.84. The van der Waals surface area contributed by atoms with E-state index in [0.29, 0.717) is 5.56 Å². The third kappa shape index (κ3) is 4.71. The van der Waals surface area contributed by atoms with Crippen LogP contribution in [0, 0.1) is 6.92 Å². The molecule has 0 saturated carbocycles. The Morgan fingerprint density at radius 1 is 1.21 bits per heavy atom. The summed E-state index contributed by atoms with van der Waals surface area (Å²) in [5.41, 5.74) is -0.200. The van der Waals surface area contributed by atoms with Gasteiger partial charge in [0, 0.05) is 44.3 Å². The van der Waals surface area contributed by atoms with E-state index in [-0.39, 0.29) is 11.7 Å². The van der Waals surface area contributed by atoms with Crippen LogP contribution in [0.15, 0.2) is 36.8 Å². The third-order valence-electron chi connectivity index (χ3n) is 4.86. The Morgan fingerprint density at radius 3 is 2.54 bits per heavy atom. The summed E-state index contributed by atoms with van der Waals surface area (Å²) in [5.74, 6) is 0.799. The summed E-state index contributed by atoms with van der Waals surface area (Å²) in [6.07, 6.45) is 1.98. The smallest absolute Gasteiger partial charge is 0.355 e. The lowest BCUT2D eigenvalue weighted by Gasteiger charge is -2.37. The highest BCUT2D eigenvalue weighted by Crippen LogP contribution is 2.32. The summed E-state index contributed by atoms with van der Waals surface area (Å²) in [7, 11) is 1.67. The molecule has 9 heteroatoms. The van der Waals surface area contributed by atoms with Crippen molar-refractivity contribution in [1.82, 2.24) is 14.9 Å². The maximum atomic E-state index is 13.0. The minimum Gasteiger partial charge on any atom is -0.355 e. The molecular weight excluding hydrogens is 371 g/mol. The molecule has 1 saturated heterocycles. The number of carbonyl (C=O) groups excluding carboxylic acids is 1. The number of rotatable bonds is 3. The van der Waals surface area contributed by atoms with Crippen LogP contribution < -0.4 is 10.2 Å². The molecule has 0 bridgehead atoms. The van der Waals surface area contributed by atoms with Crippen LogP contribution in [-0.2, 0) is 6.18 Å². The molecule has 1 aliphatic rings. The van der Waals surface area contributed by atoms with Crippen molar-refractivity contribution in [3.8, 4) is 0 Å². The zero-order valence-corrected chi connectivity index (χ0v) is 15.7. The number of alkyl halides is 3. The van der Waals surface area contributed by atoms with Crippen LogP contribution in [0.1, 0.15) is 24.0 Å². The number of anilines is 2.